The molecule has 0 radical (unpaired) electrons. The Bertz CT molecular complexity index is 187. The molecule has 1 saturated heterocycles. The molecule has 1 rings (SSSR count). The van der Waals surface area contributed by atoms with Crippen LogP contribution in [0.5, 0.6) is 0 Å². The highest BCUT2D eigenvalue weighted by Gasteiger charge is 2.25. The molecule has 3 atom stereocenters. The Labute approximate surface area is 81.8 Å². The lowest BCUT2D eigenvalue weighted by atomic mass is 10.1. The molecule has 0 saturated carbocycles. The predicted octanol–water partition coefficient (Wildman–Crippen LogP) is -0.236. The summed E-state index contributed by atoms with van der Waals surface area (Å²) in [7, 11) is -1.23. The Morgan fingerprint density at radius 2 is 2.23 bits per heavy atom. The highest BCUT2D eigenvalue weighted by molar-refractivity contribution is 7.83. The van der Waals surface area contributed by atoms with Crippen LogP contribution in [-0.4, -0.2) is 34.8 Å². The molecule has 4 nitrogen and oxygen atoms in total. The minimum absolute atomic E-state index is 0.0394. The van der Waals surface area contributed by atoms with Crippen LogP contribution in [0.2, 0.25) is 0 Å². The van der Waals surface area contributed by atoms with Crippen molar-refractivity contribution in [3.05, 3.63) is 0 Å². The van der Waals surface area contributed by atoms with Gasteiger partial charge in [0.1, 0.15) is 0 Å². The molecule has 0 aromatic carbocycles. The second-order valence-electron chi connectivity index (χ2n) is 3.65. The Morgan fingerprint density at radius 1 is 1.54 bits per heavy atom. The summed E-state index contributed by atoms with van der Waals surface area (Å²) in [5.41, 5.74) is 0. The van der Waals surface area contributed by atoms with Gasteiger partial charge in [0.25, 0.3) is 0 Å². The molecule has 13 heavy (non-hydrogen) atoms. The first-order valence-corrected chi connectivity index (χ1v) is 5.88. The number of hydrogen-bond acceptors (Lipinski definition) is 3. The molecule has 0 spiro atoms. The van der Waals surface area contributed by atoms with E-state index >= 15 is 0 Å². The van der Waals surface area contributed by atoms with Gasteiger partial charge < -0.3 is 10.1 Å². The van der Waals surface area contributed by atoms with Crippen LogP contribution in [0.3, 0.4) is 0 Å². The number of hydrogen-bond donors (Lipinski definition) is 2. The van der Waals surface area contributed by atoms with E-state index in [1.54, 1.807) is 0 Å². The minimum atomic E-state index is -1.23. The molecule has 1 aliphatic rings. The van der Waals surface area contributed by atoms with E-state index < -0.39 is 11.0 Å². The van der Waals surface area contributed by atoms with Crippen molar-refractivity contribution in [3.8, 4) is 0 Å². The van der Waals surface area contributed by atoms with Gasteiger partial charge in [-0.2, -0.15) is 0 Å². The summed E-state index contributed by atoms with van der Waals surface area (Å²) in [5, 5.41) is 8.55. The number of nitrogens with two attached hydrogens (primary N) is 1. The normalized spacial score (nSPS) is 32.0. The summed E-state index contributed by atoms with van der Waals surface area (Å²) in [6, 6.07) is 0. The van der Waals surface area contributed by atoms with Gasteiger partial charge in [0.05, 0.1) is 28.4 Å². The number of ether oxygens (including phenoxy) is 1. The molecule has 5 heteroatoms. The summed E-state index contributed by atoms with van der Waals surface area (Å²) in [4.78, 5) is 0. The maximum atomic E-state index is 11.0. The number of nitrogens with one attached hydrogen (secondary N) is 1. The Morgan fingerprint density at radius 3 is 2.77 bits per heavy atom. The fourth-order valence-electron chi connectivity index (χ4n) is 1.53. The molecule has 3 unspecified atom stereocenters. The van der Waals surface area contributed by atoms with Gasteiger partial charge >= 0.3 is 0 Å². The van der Waals surface area contributed by atoms with Crippen LogP contribution >= 0.6 is 0 Å². The SMILES string of the molecule is CC(C)OC1CNCC(S(N)=O)C1. The zero-order valence-corrected chi connectivity index (χ0v) is 8.97. The lowest BCUT2D eigenvalue weighted by Crippen LogP contribution is -2.47. The number of rotatable bonds is 3. The summed E-state index contributed by atoms with van der Waals surface area (Å²) in [6.45, 7) is 5.58. The van der Waals surface area contributed by atoms with Crippen LogP contribution in [0.15, 0.2) is 0 Å². The quantitative estimate of drug-likeness (QED) is 0.670. The molecule has 3 N–H and O–H groups in total. The van der Waals surface area contributed by atoms with E-state index in [4.69, 9.17) is 9.88 Å². The molecule has 1 aliphatic heterocycles. The maximum absolute atomic E-state index is 11.0. The van der Waals surface area contributed by atoms with E-state index in [0.29, 0.717) is 0 Å². The van der Waals surface area contributed by atoms with Crippen molar-refractivity contribution in [1.82, 2.24) is 5.32 Å². The van der Waals surface area contributed by atoms with Crippen molar-refractivity contribution in [2.24, 2.45) is 5.14 Å². The van der Waals surface area contributed by atoms with Crippen molar-refractivity contribution in [1.29, 1.82) is 0 Å². The average molecular weight is 206 g/mol. The third-order valence-electron chi connectivity index (χ3n) is 2.06. The standard InChI is InChI=1S/C8H18N2O2S/c1-6(2)12-7-3-8(13(9)11)5-10-4-7/h6-8,10H,3-5,9H2,1-2H3. The first-order valence-electron chi connectivity index (χ1n) is 4.60. The fraction of sp³-hybridized carbons (Fsp3) is 1.00. The topological polar surface area (TPSA) is 64.3 Å². The zero-order valence-electron chi connectivity index (χ0n) is 8.16. The van der Waals surface area contributed by atoms with E-state index in [0.717, 1.165) is 19.5 Å². The third kappa shape index (κ3) is 3.72. The number of piperidine rings is 1. The molecule has 0 aromatic heterocycles. The Kier molecular flexibility index (Phi) is 4.31. The molecule has 1 fully saturated rings. The van der Waals surface area contributed by atoms with Gasteiger partial charge in [-0.1, -0.05) is 0 Å². The lowest BCUT2D eigenvalue weighted by Gasteiger charge is -2.29. The van der Waals surface area contributed by atoms with Crippen LogP contribution in [0.1, 0.15) is 20.3 Å². The molecular weight excluding hydrogens is 188 g/mol. The summed E-state index contributed by atoms with van der Waals surface area (Å²) in [6.07, 6.45) is 1.18. The smallest absolute Gasteiger partial charge is 0.0933 e. The molecule has 0 bridgehead atoms. The van der Waals surface area contributed by atoms with Gasteiger partial charge in [-0.25, -0.2) is 4.21 Å². The van der Waals surface area contributed by atoms with Crippen LogP contribution < -0.4 is 10.5 Å². The second-order valence-corrected chi connectivity index (χ2v) is 4.98. The van der Waals surface area contributed by atoms with E-state index in [1.165, 1.54) is 0 Å². The fourth-order valence-corrected chi connectivity index (χ4v) is 2.22. The van der Waals surface area contributed by atoms with Gasteiger partial charge in [-0.05, 0) is 20.3 Å². The summed E-state index contributed by atoms with van der Waals surface area (Å²) in [5.74, 6) is 0. The van der Waals surface area contributed by atoms with Crippen molar-refractivity contribution < 1.29 is 8.95 Å². The van der Waals surface area contributed by atoms with Crippen molar-refractivity contribution in [3.63, 3.8) is 0 Å². The predicted molar refractivity (Wildman–Crippen MR) is 53.6 cm³/mol. The first-order chi connectivity index (χ1) is 6.09. The van der Waals surface area contributed by atoms with Crippen molar-refractivity contribution in [2.45, 2.75) is 37.7 Å². The van der Waals surface area contributed by atoms with Gasteiger partial charge in [-0.3, -0.25) is 5.14 Å². The van der Waals surface area contributed by atoms with E-state index in [-0.39, 0.29) is 17.5 Å². The van der Waals surface area contributed by atoms with Gasteiger partial charge in [-0.15, -0.1) is 0 Å². The van der Waals surface area contributed by atoms with E-state index in [1.807, 2.05) is 13.8 Å². The van der Waals surface area contributed by atoms with Gasteiger partial charge in [0.2, 0.25) is 0 Å². The molecular formula is C8H18N2O2S. The summed E-state index contributed by atoms with van der Waals surface area (Å²) >= 11 is 0. The Hall–Kier alpha value is 0.0300. The third-order valence-corrected chi connectivity index (χ3v) is 3.08. The van der Waals surface area contributed by atoms with Crippen molar-refractivity contribution in [2.75, 3.05) is 13.1 Å². The highest BCUT2D eigenvalue weighted by atomic mass is 32.2. The van der Waals surface area contributed by atoms with E-state index in [2.05, 4.69) is 5.32 Å². The monoisotopic (exact) mass is 206 g/mol. The van der Waals surface area contributed by atoms with E-state index in [9.17, 15) is 4.21 Å². The highest BCUT2D eigenvalue weighted by Crippen LogP contribution is 2.12. The van der Waals surface area contributed by atoms with Gasteiger partial charge in [0, 0.05) is 13.1 Å². The molecule has 0 amide bonds. The molecule has 0 aliphatic carbocycles. The minimum Gasteiger partial charge on any atom is -0.374 e. The average Bonchev–Trinajstić information content (AvgIpc) is 2.03. The van der Waals surface area contributed by atoms with Gasteiger partial charge in [0.15, 0.2) is 0 Å². The molecule has 78 valence electrons. The summed E-state index contributed by atoms with van der Waals surface area (Å²) < 4.78 is 16.6. The van der Waals surface area contributed by atoms with Crippen LogP contribution in [0, 0.1) is 0 Å². The van der Waals surface area contributed by atoms with Crippen LogP contribution in [0.25, 0.3) is 0 Å². The van der Waals surface area contributed by atoms with Crippen LogP contribution in [0.4, 0.5) is 0 Å². The zero-order chi connectivity index (χ0) is 9.84. The maximum Gasteiger partial charge on any atom is 0.0933 e. The Balaban J connectivity index is 2.37. The first kappa shape index (κ1) is 11.1. The molecule has 0 aromatic rings. The van der Waals surface area contributed by atoms with Crippen LogP contribution in [-0.2, 0) is 15.7 Å². The van der Waals surface area contributed by atoms with Crippen molar-refractivity contribution >= 4 is 11.0 Å². The lowest BCUT2D eigenvalue weighted by molar-refractivity contribution is -0.00328. The largest absolute Gasteiger partial charge is 0.374 e. The second kappa shape index (κ2) is 5.05. The molecule has 1 heterocycles.